The van der Waals surface area contributed by atoms with Crippen molar-refractivity contribution < 1.29 is 4.79 Å². The average molecular weight is 285 g/mol. The smallest absolute Gasteiger partial charge is 0.275 e. The molecule has 0 spiro atoms. The van der Waals surface area contributed by atoms with Gasteiger partial charge in [0.15, 0.2) is 0 Å². The fourth-order valence-corrected chi connectivity index (χ4v) is 3.30. The predicted molar refractivity (Wildman–Crippen MR) is 81.7 cm³/mol. The molecule has 0 fully saturated rings. The van der Waals surface area contributed by atoms with E-state index < -0.39 is 0 Å². The molecular formula is C15H15N3OS. The summed E-state index contributed by atoms with van der Waals surface area (Å²) in [6.07, 6.45) is 2.15. The predicted octanol–water partition coefficient (Wildman–Crippen LogP) is 2.66. The lowest BCUT2D eigenvalue weighted by Gasteiger charge is -2.02. The molecule has 0 saturated heterocycles. The van der Waals surface area contributed by atoms with Crippen molar-refractivity contribution in [3.63, 3.8) is 0 Å². The Morgan fingerprint density at radius 3 is 2.90 bits per heavy atom. The van der Waals surface area contributed by atoms with Gasteiger partial charge < -0.3 is 4.57 Å². The lowest BCUT2D eigenvalue weighted by molar-refractivity contribution is 0.0957. The molecule has 4 nitrogen and oxygen atoms in total. The zero-order valence-electron chi connectivity index (χ0n) is 11.1. The molecule has 0 bridgehead atoms. The molecule has 0 aliphatic heterocycles. The van der Waals surface area contributed by atoms with Crippen LogP contribution in [0.2, 0.25) is 0 Å². The summed E-state index contributed by atoms with van der Waals surface area (Å²) in [7, 11) is 0. The topological polar surface area (TPSA) is 60.0 Å². The third-order valence-electron chi connectivity index (χ3n) is 3.33. The van der Waals surface area contributed by atoms with Crippen molar-refractivity contribution in [3.05, 3.63) is 57.9 Å². The van der Waals surface area contributed by atoms with Gasteiger partial charge in [-0.2, -0.15) is 0 Å². The summed E-state index contributed by atoms with van der Waals surface area (Å²) in [4.78, 5) is 13.2. The van der Waals surface area contributed by atoms with E-state index in [1.165, 1.54) is 27.8 Å². The van der Waals surface area contributed by atoms with Gasteiger partial charge in [0.25, 0.3) is 5.91 Å². The van der Waals surface area contributed by atoms with Crippen LogP contribution < -0.4 is 11.3 Å². The number of fused-ring (bicyclic) bond motifs is 1. The normalized spacial score (nSPS) is 10.9. The summed E-state index contributed by atoms with van der Waals surface area (Å²) >= 11 is 1.47. The van der Waals surface area contributed by atoms with Crippen LogP contribution in [0.3, 0.4) is 0 Å². The number of nitrogens with two attached hydrogens (primary N) is 1. The van der Waals surface area contributed by atoms with E-state index in [9.17, 15) is 4.79 Å². The van der Waals surface area contributed by atoms with E-state index in [1.807, 2.05) is 12.1 Å². The van der Waals surface area contributed by atoms with E-state index in [-0.39, 0.29) is 5.91 Å². The molecule has 1 aromatic carbocycles. The Kier molecular flexibility index (Phi) is 3.30. The highest BCUT2D eigenvalue weighted by Gasteiger charge is 2.09. The quantitative estimate of drug-likeness (QED) is 0.441. The summed E-state index contributed by atoms with van der Waals surface area (Å²) in [5, 5.41) is 1.27. The maximum Gasteiger partial charge on any atom is 0.275 e. The van der Waals surface area contributed by atoms with Gasteiger partial charge in [-0.15, -0.1) is 11.3 Å². The monoisotopic (exact) mass is 285 g/mol. The summed E-state index contributed by atoms with van der Waals surface area (Å²) in [6, 6.07) is 12.1. The Morgan fingerprint density at radius 2 is 2.10 bits per heavy atom. The number of hydrazine groups is 1. The fourth-order valence-electron chi connectivity index (χ4n) is 2.39. The molecule has 0 aliphatic carbocycles. The van der Waals surface area contributed by atoms with E-state index in [4.69, 9.17) is 5.84 Å². The Morgan fingerprint density at radius 1 is 1.30 bits per heavy atom. The van der Waals surface area contributed by atoms with Gasteiger partial charge in [0.1, 0.15) is 0 Å². The van der Waals surface area contributed by atoms with Crippen LogP contribution in [0.5, 0.6) is 0 Å². The van der Waals surface area contributed by atoms with Crippen molar-refractivity contribution in [3.8, 4) is 0 Å². The lowest BCUT2D eigenvalue weighted by Crippen LogP contribution is -2.29. The first kappa shape index (κ1) is 12.9. The molecule has 0 radical (unpaired) electrons. The van der Waals surface area contributed by atoms with Crippen molar-refractivity contribution in [1.82, 2.24) is 9.99 Å². The minimum atomic E-state index is -0.241. The number of aromatic nitrogens is 1. The Labute approximate surface area is 120 Å². The number of hydrogen-bond acceptors (Lipinski definition) is 3. The third kappa shape index (κ3) is 2.21. The van der Waals surface area contributed by atoms with Crippen LogP contribution in [0.25, 0.3) is 10.9 Å². The molecule has 3 N–H and O–H groups in total. The number of amides is 1. The minimum Gasteiger partial charge on any atom is -0.342 e. The fraction of sp³-hybridized carbons (Fsp3) is 0.133. The number of hydrogen-bond donors (Lipinski definition) is 2. The van der Waals surface area contributed by atoms with Crippen LogP contribution in [-0.4, -0.2) is 10.5 Å². The van der Waals surface area contributed by atoms with Crippen LogP contribution in [0.4, 0.5) is 0 Å². The van der Waals surface area contributed by atoms with E-state index in [0.29, 0.717) is 4.88 Å². The van der Waals surface area contributed by atoms with Crippen LogP contribution in [0.1, 0.15) is 20.1 Å². The summed E-state index contributed by atoms with van der Waals surface area (Å²) < 4.78 is 2.21. The Bertz CT molecular complexity index is 772. The second kappa shape index (κ2) is 5.11. The highest BCUT2D eigenvalue weighted by atomic mass is 32.1. The largest absolute Gasteiger partial charge is 0.342 e. The molecule has 0 saturated carbocycles. The minimum absolute atomic E-state index is 0.241. The van der Waals surface area contributed by atoms with Gasteiger partial charge in [-0.25, -0.2) is 5.84 Å². The summed E-state index contributed by atoms with van der Waals surface area (Å²) in [5.41, 5.74) is 4.63. The van der Waals surface area contributed by atoms with Crippen molar-refractivity contribution in [1.29, 1.82) is 0 Å². The number of aryl methyl sites for hydroxylation is 1. The number of carbonyl (C=O) groups excluding carboxylic acids is 1. The zero-order valence-corrected chi connectivity index (χ0v) is 11.9. The second-order valence-corrected chi connectivity index (χ2v) is 5.86. The van der Waals surface area contributed by atoms with Crippen molar-refractivity contribution in [2.75, 3.05) is 0 Å². The van der Waals surface area contributed by atoms with Gasteiger partial charge in [-0.05, 0) is 30.7 Å². The molecule has 2 aromatic heterocycles. The molecule has 3 aromatic rings. The molecular weight excluding hydrogens is 270 g/mol. The second-order valence-electron chi connectivity index (χ2n) is 4.70. The molecule has 0 aliphatic rings. The van der Waals surface area contributed by atoms with E-state index in [0.717, 1.165) is 11.4 Å². The first-order valence-electron chi connectivity index (χ1n) is 6.33. The van der Waals surface area contributed by atoms with Gasteiger partial charge in [0.05, 0.1) is 11.4 Å². The number of nitrogens with zero attached hydrogens (tertiary/aromatic N) is 1. The molecule has 0 unspecified atom stereocenters. The van der Waals surface area contributed by atoms with Gasteiger partial charge >= 0.3 is 0 Å². The van der Waals surface area contributed by atoms with Gasteiger partial charge in [-0.1, -0.05) is 18.2 Å². The number of nitrogens with one attached hydrogen (secondary N) is 1. The first-order valence-corrected chi connectivity index (χ1v) is 7.15. The number of para-hydroxylation sites is 1. The van der Waals surface area contributed by atoms with E-state index in [2.05, 4.69) is 41.3 Å². The number of nitrogen functional groups attached to an aromatic ring is 1. The number of benzene rings is 1. The van der Waals surface area contributed by atoms with Crippen molar-refractivity contribution in [2.24, 2.45) is 5.84 Å². The van der Waals surface area contributed by atoms with Crippen LogP contribution in [0.15, 0.2) is 42.6 Å². The van der Waals surface area contributed by atoms with Gasteiger partial charge in [0.2, 0.25) is 0 Å². The van der Waals surface area contributed by atoms with E-state index >= 15 is 0 Å². The molecule has 1 amide bonds. The van der Waals surface area contributed by atoms with Crippen LogP contribution in [0, 0.1) is 6.92 Å². The summed E-state index contributed by atoms with van der Waals surface area (Å²) in [5.74, 6) is 4.90. The van der Waals surface area contributed by atoms with Crippen molar-refractivity contribution in [2.45, 2.75) is 13.5 Å². The van der Waals surface area contributed by atoms with E-state index in [1.54, 1.807) is 6.07 Å². The number of thiophene rings is 1. The number of carbonyl (C=O) groups is 1. The molecule has 5 heteroatoms. The summed E-state index contributed by atoms with van der Waals surface area (Å²) in [6.45, 7) is 2.87. The molecule has 102 valence electrons. The molecule has 2 heterocycles. The molecule has 3 rings (SSSR count). The molecule has 20 heavy (non-hydrogen) atoms. The first-order chi connectivity index (χ1) is 9.69. The van der Waals surface area contributed by atoms with Crippen molar-refractivity contribution >= 4 is 28.1 Å². The Balaban J connectivity index is 1.93. The highest BCUT2D eigenvalue weighted by Crippen LogP contribution is 2.24. The molecule has 0 atom stereocenters. The van der Waals surface area contributed by atoms with Crippen LogP contribution in [-0.2, 0) is 6.54 Å². The number of rotatable bonds is 3. The standard InChI is InChI=1S/C15H15N3OS/c1-10-8-18(13-5-3-2-4-12(10)13)9-11-6-7-14(20-11)15(19)17-16/h2-8H,9,16H2,1H3,(H,17,19). The lowest BCUT2D eigenvalue weighted by atomic mass is 10.2. The highest BCUT2D eigenvalue weighted by molar-refractivity contribution is 7.14. The third-order valence-corrected chi connectivity index (χ3v) is 4.40. The van der Waals surface area contributed by atoms with Crippen LogP contribution >= 0.6 is 11.3 Å². The SMILES string of the molecule is Cc1cn(Cc2ccc(C(=O)NN)s2)c2ccccc12. The average Bonchev–Trinajstić information content (AvgIpc) is 3.05. The maximum atomic E-state index is 11.5. The Hall–Kier alpha value is -2.11. The maximum absolute atomic E-state index is 11.5. The zero-order chi connectivity index (χ0) is 14.1. The van der Waals surface area contributed by atoms with Gasteiger partial charge in [-0.3, -0.25) is 10.2 Å². The van der Waals surface area contributed by atoms with Gasteiger partial charge in [0, 0.05) is 22.0 Å².